The summed E-state index contributed by atoms with van der Waals surface area (Å²) in [6.45, 7) is 3.26. The van der Waals surface area contributed by atoms with Crippen LogP contribution >= 0.6 is 0 Å². The Morgan fingerprint density at radius 3 is 2.67 bits per heavy atom. The zero-order chi connectivity index (χ0) is 15.1. The van der Waals surface area contributed by atoms with Crippen LogP contribution in [0.3, 0.4) is 0 Å². The molecule has 2 aromatic rings. The highest BCUT2D eigenvalue weighted by Crippen LogP contribution is 2.21. The number of aromatic nitrogens is 1. The molecule has 0 radical (unpaired) electrons. The van der Waals surface area contributed by atoms with Crippen molar-refractivity contribution in [1.29, 1.82) is 0 Å². The largest absolute Gasteiger partial charge is 0.409 e. The average Bonchev–Trinajstić information content (AvgIpc) is 2.93. The average molecular weight is 287 g/mol. The topological polar surface area (TPSA) is 63.5 Å². The van der Waals surface area contributed by atoms with Gasteiger partial charge in [0, 0.05) is 29.2 Å². The van der Waals surface area contributed by atoms with Crippen molar-refractivity contribution in [2.24, 2.45) is 10.9 Å². The lowest BCUT2D eigenvalue weighted by Crippen LogP contribution is -2.13. The van der Waals surface area contributed by atoms with Crippen molar-refractivity contribution in [3.05, 3.63) is 36.0 Å². The van der Waals surface area contributed by atoms with Gasteiger partial charge in [0.2, 0.25) is 0 Å². The lowest BCUT2D eigenvalue weighted by molar-refractivity contribution is 0.318. The standard InChI is InChI=1S/C17H25N3O/c1-2-3-4-5-6-7-12-20-13-11-14-15(17(18)19-21)9-8-10-16(14)20/h8-11,13,21H,2-7,12H2,1H3,(H2,18,19). The molecule has 0 saturated carbocycles. The molecule has 0 spiro atoms. The van der Waals surface area contributed by atoms with Crippen LogP contribution < -0.4 is 5.73 Å². The Morgan fingerprint density at radius 2 is 1.90 bits per heavy atom. The van der Waals surface area contributed by atoms with Gasteiger partial charge in [-0.3, -0.25) is 0 Å². The Morgan fingerprint density at radius 1 is 1.14 bits per heavy atom. The first kappa shape index (κ1) is 15.4. The molecule has 1 heterocycles. The molecule has 0 aliphatic heterocycles. The summed E-state index contributed by atoms with van der Waals surface area (Å²) in [5.41, 5.74) is 7.66. The number of nitrogens with two attached hydrogens (primary N) is 1. The van der Waals surface area contributed by atoms with Gasteiger partial charge < -0.3 is 15.5 Å². The minimum atomic E-state index is 0.165. The van der Waals surface area contributed by atoms with Gasteiger partial charge in [-0.2, -0.15) is 0 Å². The number of aryl methyl sites for hydroxylation is 1. The second-order valence-corrected chi connectivity index (χ2v) is 5.50. The van der Waals surface area contributed by atoms with Gasteiger partial charge in [0.05, 0.1) is 0 Å². The molecule has 4 heteroatoms. The van der Waals surface area contributed by atoms with Crippen molar-refractivity contribution in [3.8, 4) is 0 Å². The molecule has 0 fully saturated rings. The summed E-state index contributed by atoms with van der Waals surface area (Å²) in [6, 6.07) is 7.96. The van der Waals surface area contributed by atoms with E-state index >= 15 is 0 Å². The Bertz CT molecular complexity index is 601. The van der Waals surface area contributed by atoms with Gasteiger partial charge in [-0.05, 0) is 18.6 Å². The first-order valence-corrected chi connectivity index (χ1v) is 7.83. The van der Waals surface area contributed by atoms with E-state index in [2.05, 4.69) is 28.9 Å². The molecule has 0 saturated heterocycles. The number of unbranched alkanes of at least 4 members (excludes halogenated alkanes) is 5. The zero-order valence-corrected chi connectivity index (χ0v) is 12.8. The molecule has 2 rings (SSSR count). The molecule has 3 N–H and O–H groups in total. The lowest BCUT2D eigenvalue weighted by atomic mass is 10.1. The van der Waals surface area contributed by atoms with E-state index < -0.39 is 0 Å². The molecule has 0 unspecified atom stereocenters. The van der Waals surface area contributed by atoms with Crippen molar-refractivity contribution in [2.45, 2.75) is 52.0 Å². The highest BCUT2D eigenvalue weighted by molar-refractivity contribution is 6.08. The third-order valence-corrected chi connectivity index (χ3v) is 3.95. The van der Waals surface area contributed by atoms with Gasteiger partial charge in [-0.15, -0.1) is 0 Å². The number of nitrogens with zero attached hydrogens (tertiary/aromatic N) is 2. The van der Waals surface area contributed by atoms with Crippen molar-refractivity contribution in [2.75, 3.05) is 0 Å². The van der Waals surface area contributed by atoms with Crippen LogP contribution in [0, 0.1) is 0 Å². The Labute approximate surface area is 126 Å². The maximum absolute atomic E-state index is 8.85. The van der Waals surface area contributed by atoms with E-state index in [0.29, 0.717) is 0 Å². The van der Waals surface area contributed by atoms with E-state index in [4.69, 9.17) is 10.9 Å². The lowest BCUT2D eigenvalue weighted by Gasteiger charge is -2.07. The predicted octanol–water partition coefficient (Wildman–Crippen LogP) is 4.10. The Balaban J connectivity index is 2.02. The van der Waals surface area contributed by atoms with Crippen LogP contribution in [0.1, 0.15) is 51.0 Å². The first-order chi connectivity index (χ1) is 10.3. The van der Waals surface area contributed by atoms with E-state index in [9.17, 15) is 0 Å². The van der Waals surface area contributed by atoms with E-state index in [1.54, 1.807) is 0 Å². The molecule has 1 aromatic carbocycles. The third-order valence-electron chi connectivity index (χ3n) is 3.95. The fourth-order valence-electron chi connectivity index (χ4n) is 2.76. The zero-order valence-electron chi connectivity index (χ0n) is 12.8. The molecule has 0 aliphatic carbocycles. The minimum Gasteiger partial charge on any atom is -0.409 e. The summed E-state index contributed by atoms with van der Waals surface area (Å²) in [5.74, 6) is 0.165. The number of hydrogen-bond donors (Lipinski definition) is 2. The molecule has 0 amide bonds. The van der Waals surface area contributed by atoms with Gasteiger partial charge in [0.25, 0.3) is 0 Å². The number of fused-ring (bicyclic) bond motifs is 1. The number of amidine groups is 1. The maximum Gasteiger partial charge on any atom is 0.170 e. The number of rotatable bonds is 8. The fraction of sp³-hybridized carbons (Fsp3) is 0.471. The Kier molecular flexibility index (Phi) is 5.67. The van der Waals surface area contributed by atoms with Gasteiger partial charge in [-0.25, -0.2) is 0 Å². The highest BCUT2D eigenvalue weighted by Gasteiger charge is 2.08. The Hall–Kier alpha value is -1.97. The molecule has 4 nitrogen and oxygen atoms in total. The van der Waals surface area contributed by atoms with Gasteiger partial charge in [0.15, 0.2) is 5.84 Å². The normalized spacial score (nSPS) is 12.1. The van der Waals surface area contributed by atoms with Crippen molar-refractivity contribution >= 4 is 16.7 Å². The van der Waals surface area contributed by atoms with Crippen LogP contribution in [0.25, 0.3) is 10.9 Å². The monoisotopic (exact) mass is 287 g/mol. The maximum atomic E-state index is 8.85. The van der Waals surface area contributed by atoms with Crippen molar-refractivity contribution in [1.82, 2.24) is 4.57 Å². The molecular weight excluding hydrogens is 262 g/mol. The fourth-order valence-corrected chi connectivity index (χ4v) is 2.76. The van der Waals surface area contributed by atoms with Gasteiger partial charge in [0.1, 0.15) is 0 Å². The van der Waals surface area contributed by atoms with Gasteiger partial charge >= 0.3 is 0 Å². The number of hydrogen-bond acceptors (Lipinski definition) is 2. The molecule has 0 aliphatic rings. The highest BCUT2D eigenvalue weighted by atomic mass is 16.4. The van der Waals surface area contributed by atoms with E-state index in [-0.39, 0.29) is 5.84 Å². The van der Waals surface area contributed by atoms with E-state index in [1.165, 1.54) is 38.5 Å². The van der Waals surface area contributed by atoms with Crippen LogP contribution in [0.5, 0.6) is 0 Å². The van der Waals surface area contributed by atoms with Crippen LogP contribution in [0.4, 0.5) is 0 Å². The predicted molar refractivity (Wildman–Crippen MR) is 87.8 cm³/mol. The number of oxime groups is 1. The van der Waals surface area contributed by atoms with Crippen LogP contribution in [-0.4, -0.2) is 15.6 Å². The number of benzene rings is 1. The SMILES string of the molecule is CCCCCCCCn1ccc2c(/C(N)=N/O)cccc21. The van der Waals surface area contributed by atoms with Gasteiger partial charge in [-0.1, -0.05) is 56.3 Å². The molecular formula is C17H25N3O. The second-order valence-electron chi connectivity index (χ2n) is 5.50. The summed E-state index contributed by atoms with van der Waals surface area (Å²) in [6.07, 6.45) is 9.86. The van der Waals surface area contributed by atoms with E-state index in [0.717, 1.165) is 23.0 Å². The first-order valence-electron chi connectivity index (χ1n) is 7.83. The summed E-state index contributed by atoms with van der Waals surface area (Å²) < 4.78 is 2.25. The third kappa shape index (κ3) is 3.78. The van der Waals surface area contributed by atoms with Crippen LogP contribution in [-0.2, 0) is 6.54 Å². The summed E-state index contributed by atoms with van der Waals surface area (Å²) in [7, 11) is 0. The summed E-state index contributed by atoms with van der Waals surface area (Å²) in [4.78, 5) is 0. The van der Waals surface area contributed by atoms with Crippen molar-refractivity contribution in [3.63, 3.8) is 0 Å². The second kappa shape index (κ2) is 7.72. The smallest absolute Gasteiger partial charge is 0.170 e. The minimum absolute atomic E-state index is 0.165. The van der Waals surface area contributed by atoms with Crippen LogP contribution in [0.15, 0.2) is 35.6 Å². The molecule has 21 heavy (non-hydrogen) atoms. The molecule has 0 atom stereocenters. The summed E-state index contributed by atoms with van der Waals surface area (Å²) >= 11 is 0. The van der Waals surface area contributed by atoms with Crippen LogP contribution in [0.2, 0.25) is 0 Å². The quantitative estimate of drug-likeness (QED) is 0.252. The van der Waals surface area contributed by atoms with E-state index in [1.807, 2.05) is 18.2 Å². The summed E-state index contributed by atoms with van der Waals surface area (Å²) in [5, 5.41) is 13.0. The molecule has 1 aromatic heterocycles. The molecule has 0 bridgehead atoms. The molecule has 114 valence electrons. The van der Waals surface area contributed by atoms with Crippen molar-refractivity contribution < 1.29 is 5.21 Å².